The second kappa shape index (κ2) is 17.5. The number of rotatable bonds is 10. The van der Waals surface area contributed by atoms with Gasteiger partial charge in [0.1, 0.15) is 0 Å². The van der Waals surface area contributed by atoms with Crippen LogP contribution in [-0.4, -0.2) is 13.2 Å². The summed E-state index contributed by atoms with van der Waals surface area (Å²) < 4.78 is 4.83. The van der Waals surface area contributed by atoms with E-state index in [-0.39, 0.29) is 18.9 Å². The Kier molecular flexibility index (Phi) is 15.9. The topological polar surface area (TPSA) is 9.23 Å². The van der Waals surface area contributed by atoms with Crippen LogP contribution in [-0.2, 0) is 4.74 Å². The van der Waals surface area contributed by atoms with Gasteiger partial charge < -0.3 is 4.74 Å². The Hall–Kier alpha value is -1.78. The van der Waals surface area contributed by atoms with Crippen molar-refractivity contribution < 1.29 is 23.6 Å². The minimum Gasteiger partial charge on any atom is -0.382 e. The van der Waals surface area contributed by atoms with E-state index in [1.165, 1.54) is 55.6 Å². The number of benzene rings is 3. The van der Waals surface area contributed by atoms with Gasteiger partial charge in [-0.2, -0.15) is 24.3 Å². The summed E-state index contributed by atoms with van der Waals surface area (Å²) in [6, 6.07) is 20.3. The molecule has 0 heterocycles. The van der Waals surface area contributed by atoms with Gasteiger partial charge in [0.15, 0.2) is 0 Å². The van der Waals surface area contributed by atoms with Crippen LogP contribution < -0.4 is 18.9 Å². The van der Waals surface area contributed by atoms with Gasteiger partial charge in [0.05, 0.1) is 0 Å². The molecule has 226 valence electrons. The van der Waals surface area contributed by atoms with Crippen LogP contribution in [0, 0.1) is 6.07 Å². The Morgan fingerprint density at radius 1 is 0.476 bits per heavy atom. The van der Waals surface area contributed by atoms with Gasteiger partial charge >= 0.3 is 18.9 Å². The molecule has 3 aromatic carbocycles. The third kappa shape index (κ3) is 9.61. The summed E-state index contributed by atoms with van der Waals surface area (Å²) in [5.41, 5.74) is 14.1. The van der Waals surface area contributed by atoms with E-state index in [1.54, 1.807) is 0 Å². The molecule has 0 unspecified atom stereocenters. The fourth-order valence-electron chi connectivity index (χ4n) is 5.54. The molecule has 0 radical (unpaired) electrons. The van der Waals surface area contributed by atoms with Gasteiger partial charge in [-0.05, 0) is 82.7 Å². The van der Waals surface area contributed by atoms with Crippen LogP contribution >= 0.6 is 0 Å². The van der Waals surface area contributed by atoms with Gasteiger partial charge in [-0.1, -0.05) is 118 Å². The molecule has 0 saturated heterocycles. The summed E-state index contributed by atoms with van der Waals surface area (Å²) in [4.78, 5) is 0. The second-order valence-corrected chi connectivity index (χ2v) is 13.4. The molecular formula is C40H59LiO. The SMILES string of the molecule is CC(C)c1cc(C(C)C)c(-c2c[c-]cc(-c3c(C(C)C)cc(C(C)C)cc3C(C)C)c2)c(C(C)C)c1.CCOCC.[Li+]. The largest absolute Gasteiger partial charge is 1.00 e. The van der Waals surface area contributed by atoms with E-state index >= 15 is 0 Å². The van der Waals surface area contributed by atoms with Crippen LogP contribution in [0.1, 0.15) is 166 Å². The van der Waals surface area contributed by atoms with Crippen molar-refractivity contribution in [3.8, 4) is 22.3 Å². The fourth-order valence-corrected chi connectivity index (χ4v) is 5.54. The summed E-state index contributed by atoms with van der Waals surface area (Å²) in [6.45, 7) is 33.5. The molecule has 0 aliphatic rings. The van der Waals surface area contributed by atoms with Gasteiger partial charge in [0, 0.05) is 13.2 Å². The van der Waals surface area contributed by atoms with Gasteiger partial charge in [-0.25, -0.2) is 0 Å². The van der Waals surface area contributed by atoms with Crippen molar-refractivity contribution >= 4 is 0 Å². The van der Waals surface area contributed by atoms with Crippen LogP contribution in [0.3, 0.4) is 0 Å². The van der Waals surface area contributed by atoms with Gasteiger partial charge in [0.2, 0.25) is 0 Å². The number of ether oxygens (including phenoxy) is 1. The Morgan fingerprint density at radius 3 is 0.952 bits per heavy atom. The smallest absolute Gasteiger partial charge is 0.382 e. The summed E-state index contributed by atoms with van der Waals surface area (Å²) in [5, 5.41) is 0. The van der Waals surface area contributed by atoms with Crippen molar-refractivity contribution in [3.05, 3.63) is 81.9 Å². The van der Waals surface area contributed by atoms with Gasteiger partial charge in [-0.3, -0.25) is 0 Å². The minimum atomic E-state index is 0. The summed E-state index contributed by atoms with van der Waals surface area (Å²) in [7, 11) is 0. The zero-order chi connectivity index (χ0) is 31.0. The average Bonchev–Trinajstić information content (AvgIpc) is 2.92. The number of hydrogen-bond acceptors (Lipinski definition) is 1. The van der Waals surface area contributed by atoms with E-state index in [4.69, 9.17) is 4.74 Å². The fraction of sp³-hybridized carbons (Fsp3) is 0.550. The van der Waals surface area contributed by atoms with Crippen LogP contribution in [0.25, 0.3) is 22.3 Å². The molecule has 3 aromatic rings. The van der Waals surface area contributed by atoms with Crippen molar-refractivity contribution in [2.45, 2.75) is 132 Å². The Labute approximate surface area is 272 Å². The zero-order valence-electron chi connectivity index (χ0n) is 29.8. The molecular weight excluding hydrogens is 503 g/mol. The molecule has 0 aliphatic carbocycles. The van der Waals surface area contributed by atoms with Crippen molar-refractivity contribution in [3.63, 3.8) is 0 Å². The van der Waals surface area contributed by atoms with Crippen molar-refractivity contribution in [1.29, 1.82) is 0 Å². The van der Waals surface area contributed by atoms with Gasteiger partial charge in [0.25, 0.3) is 0 Å². The predicted octanol–water partition coefficient (Wildman–Crippen LogP) is 9.61. The molecule has 2 heteroatoms. The Morgan fingerprint density at radius 2 is 0.762 bits per heavy atom. The summed E-state index contributed by atoms with van der Waals surface area (Å²) >= 11 is 0. The maximum Gasteiger partial charge on any atom is 1.00 e. The first kappa shape index (κ1) is 38.2. The van der Waals surface area contributed by atoms with Crippen LogP contribution in [0.2, 0.25) is 0 Å². The van der Waals surface area contributed by atoms with Crippen molar-refractivity contribution in [2.24, 2.45) is 0 Å². The molecule has 0 N–H and O–H groups in total. The Balaban J connectivity index is 0.00000135. The monoisotopic (exact) mass is 562 g/mol. The van der Waals surface area contributed by atoms with Crippen LogP contribution in [0.5, 0.6) is 0 Å². The third-order valence-electron chi connectivity index (χ3n) is 8.04. The normalized spacial score (nSPS) is 11.5. The van der Waals surface area contributed by atoms with Crippen LogP contribution in [0.4, 0.5) is 0 Å². The first-order chi connectivity index (χ1) is 19.2. The quantitative estimate of drug-likeness (QED) is 0.177. The molecule has 0 fully saturated rings. The zero-order valence-corrected chi connectivity index (χ0v) is 29.8. The third-order valence-corrected chi connectivity index (χ3v) is 8.04. The van der Waals surface area contributed by atoms with Crippen molar-refractivity contribution in [2.75, 3.05) is 13.2 Å². The van der Waals surface area contributed by atoms with E-state index < -0.39 is 0 Å². The summed E-state index contributed by atoms with van der Waals surface area (Å²) in [5.74, 6) is 2.89. The molecule has 0 aliphatic heterocycles. The molecule has 1 nitrogen and oxygen atoms in total. The van der Waals surface area contributed by atoms with Gasteiger partial charge in [-0.15, -0.1) is 11.1 Å². The molecule has 0 aromatic heterocycles. The minimum absolute atomic E-state index is 0. The predicted molar refractivity (Wildman–Crippen MR) is 183 cm³/mol. The first-order valence-corrected chi connectivity index (χ1v) is 16.2. The molecule has 3 rings (SSSR count). The molecule has 42 heavy (non-hydrogen) atoms. The van der Waals surface area contributed by atoms with Crippen molar-refractivity contribution in [1.82, 2.24) is 0 Å². The molecule has 0 spiro atoms. The van der Waals surface area contributed by atoms with E-state index in [2.05, 4.69) is 132 Å². The van der Waals surface area contributed by atoms with E-state index in [0.717, 1.165) is 13.2 Å². The van der Waals surface area contributed by atoms with E-state index in [0.29, 0.717) is 35.5 Å². The van der Waals surface area contributed by atoms with Crippen LogP contribution in [0.15, 0.2) is 42.5 Å². The summed E-state index contributed by atoms with van der Waals surface area (Å²) in [6.07, 6.45) is 0. The van der Waals surface area contributed by atoms with E-state index in [1.807, 2.05) is 13.8 Å². The maximum absolute atomic E-state index is 4.83. The average molecular weight is 563 g/mol. The second-order valence-electron chi connectivity index (χ2n) is 13.4. The molecule has 0 saturated carbocycles. The Bertz CT molecular complexity index is 1100. The maximum atomic E-state index is 4.83. The first-order valence-electron chi connectivity index (χ1n) is 16.2. The molecule has 0 amide bonds. The number of hydrogen-bond donors (Lipinski definition) is 0. The van der Waals surface area contributed by atoms with E-state index in [9.17, 15) is 0 Å². The molecule has 0 atom stereocenters. The standard InChI is InChI=1S/C36H49.C4H10O.Li/c1-21(2)29-17-31(23(5)6)35(32(18-29)24(7)8)27-14-13-15-28(16-27)36-33(25(9)10)19-30(22(3)4)20-34(36)26(11)12;1-3-5-4-2;/h14-26H,1-12H3;3-4H2,1-2H3;/q-1;;+1. The molecule has 0 bridgehead atoms.